The Morgan fingerprint density at radius 1 is 1.28 bits per heavy atom. The van der Waals surface area contributed by atoms with Gasteiger partial charge in [-0.1, -0.05) is 34.8 Å². The van der Waals surface area contributed by atoms with Crippen LogP contribution in [0.1, 0.15) is 0 Å². The molecule has 5 nitrogen and oxygen atoms in total. The Bertz CT molecular complexity index is 572. The van der Waals surface area contributed by atoms with E-state index in [1.165, 1.54) is 0 Å². The second-order valence-electron chi connectivity index (χ2n) is 3.40. The van der Waals surface area contributed by atoms with E-state index >= 15 is 0 Å². The third-order valence-corrected chi connectivity index (χ3v) is 3.46. The summed E-state index contributed by atoms with van der Waals surface area (Å²) in [6, 6.07) is 3.35. The van der Waals surface area contributed by atoms with Crippen molar-refractivity contribution in [2.75, 3.05) is 11.9 Å². The summed E-state index contributed by atoms with van der Waals surface area (Å²) < 4.78 is 0. The van der Waals surface area contributed by atoms with Crippen molar-refractivity contribution in [1.82, 2.24) is 15.2 Å². The number of aromatic amines is 1. The van der Waals surface area contributed by atoms with E-state index in [1.54, 1.807) is 24.1 Å². The lowest BCUT2D eigenvalue weighted by Crippen LogP contribution is -2.11. The minimum Gasteiger partial charge on any atom is -0.312 e. The fourth-order valence-electron chi connectivity index (χ4n) is 1.32. The van der Waals surface area contributed by atoms with E-state index in [-0.39, 0.29) is 0 Å². The van der Waals surface area contributed by atoms with Gasteiger partial charge in [-0.25, -0.2) is 10.1 Å². The number of halogens is 3. The molecule has 0 bridgehead atoms. The van der Waals surface area contributed by atoms with Crippen molar-refractivity contribution >= 4 is 59.1 Å². The van der Waals surface area contributed by atoms with Crippen LogP contribution in [-0.4, -0.2) is 28.9 Å². The number of rotatable bonds is 3. The maximum Gasteiger partial charge on any atom is 0.250 e. The molecular weight excluding hydrogens is 297 g/mol. The summed E-state index contributed by atoms with van der Waals surface area (Å²) >= 11 is 17.8. The first-order chi connectivity index (χ1) is 8.52. The molecule has 2 rings (SSSR count). The van der Waals surface area contributed by atoms with Crippen molar-refractivity contribution in [3.8, 4) is 0 Å². The predicted molar refractivity (Wildman–Crippen MR) is 75.1 cm³/mol. The molecule has 0 aliphatic heterocycles. The van der Waals surface area contributed by atoms with Crippen molar-refractivity contribution in [2.45, 2.75) is 0 Å². The molecule has 1 heterocycles. The molecule has 2 aromatic rings. The maximum atomic E-state index is 5.96. The first-order valence-electron chi connectivity index (χ1n) is 4.80. The Labute approximate surface area is 118 Å². The van der Waals surface area contributed by atoms with E-state index in [0.29, 0.717) is 32.7 Å². The molecule has 0 spiro atoms. The third-order valence-electron chi connectivity index (χ3n) is 2.27. The summed E-state index contributed by atoms with van der Waals surface area (Å²) in [5.41, 5.74) is 0.712. The van der Waals surface area contributed by atoms with Crippen LogP contribution in [0.3, 0.4) is 0 Å². The predicted octanol–water partition coefficient (Wildman–Crippen LogP) is 3.86. The zero-order valence-corrected chi connectivity index (χ0v) is 11.6. The zero-order valence-electron chi connectivity index (χ0n) is 9.28. The number of anilines is 2. The van der Waals surface area contributed by atoms with E-state index in [1.807, 2.05) is 0 Å². The van der Waals surface area contributed by atoms with Gasteiger partial charge >= 0.3 is 0 Å². The molecule has 0 radical (unpaired) electrons. The van der Waals surface area contributed by atoms with Crippen LogP contribution in [0.15, 0.2) is 17.1 Å². The van der Waals surface area contributed by atoms with Crippen LogP contribution in [0.25, 0.3) is 0 Å². The zero-order chi connectivity index (χ0) is 13.3. The van der Waals surface area contributed by atoms with Crippen LogP contribution in [0.4, 0.5) is 17.6 Å². The monoisotopic (exact) mass is 303 g/mol. The molecule has 18 heavy (non-hydrogen) atoms. The summed E-state index contributed by atoms with van der Waals surface area (Å²) in [5, 5.41) is 7.65. The molecule has 0 saturated heterocycles. The van der Waals surface area contributed by atoms with Crippen LogP contribution in [-0.2, 0) is 0 Å². The van der Waals surface area contributed by atoms with Crippen LogP contribution in [0.5, 0.6) is 0 Å². The van der Waals surface area contributed by atoms with Crippen molar-refractivity contribution in [2.24, 2.45) is 4.99 Å². The van der Waals surface area contributed by atoms with Gasteiger partial charge in [0.05, 0.1) is 15.1 Å². The van der Waals surface area contributed by atoms with Crippen molar-refractivity contribution in [3.63, 3.8) is 0 Å². The Kier molecular flexibility index (Phi) is 3.75. The Balaban J connectivity index is 2.39. The van der Waals surface area contributed by atoms with Gasteiger partial charge in [-0.15, -0.1) is 5.10 Å². The van der Waals surface area contributed by atoms with Gasteiger partial charge in [0.15, 0.2) is 0 Å². The lowest BCUT2D eigenvalue weighted by Gasteiger charge is -2.16. The van der Waals surface area contributed by atoms with E-state index in [4.69, 9.17) is 34.8 Å². The number of hydrogen-bond acceptors (Lipinski definition) is 4. The number of aromatic nitrogens is 3. The minimum absolute atomic E-state index is 0.318. The van der Waals surface area contributed by atoms with Crippen LogP contribution in [0.2, 0.25) is 15.1 Å². The molecule has 0 atom stereocenters. The first kappa shape index (κ1) is 13.1. The standard InChI is InChI=1S/C10H8Cl3N5/c1-14-9-15-10(17-16-9)18(2)5-3-6(11)8(13)7(12)4-5/h3-4H,1H2,2H3,(H,15,16,17). The second-order valence-corrected chi connectivity index (χ2v) is 4.59. The summed E-state index contributed by atoms with van der Waals surface area (Å²) in [7, 11) is 1.77. The van der Waals surface area contributed by atoms with E-state index < -0.39 is 0 Å². The van der Waals surface area contributed by atoms with Gasteiger partial charge in [-0.05, 0) is 18.9 Å². The summed E-state index contributed by atoms with van der Waals surface area (Å²) in [5.74, 6) is 0.759. The smallest absolute Gasteiger partial charge is 0.250 e. The molecular formula is C10H8Cl3N5. The number of benzene rings is 1. The second kappa shape index (κ2) is 5.14. The van der Waals surface area contributed by atoms with Crippen LogP contribution in [0, 0.1) is 0 Å². The molecule has 8 heteroatoms. The van der Waals surface area contributed by atoms with Gasteiger partial charge in [0.2, 0.25) is 5.95 Å². The molecule has 0 aliphatic rings. The molecule has 1 aromatic carbocycles. The fraction of sp³-hybridized carbons (Fsp3) is 0.100. The summed E-state index contributed by atoms with van der Waals surface area (Å²) in [6.07, 6.45) is 0. The number of aliphatic imine (C=N–C) groups is 1. The number of nitrogens with one attached hydrogen (secondary N) is 1. The molecule has 94 valence electrons. The van der Waals surface area contributed by atoms with E-state index in [9.17, 15) is 0 Å². The van der Waals surface area contributed by atoms with Gasteiger partial charge in [-0.3, -0.25) is 0 Å². The topological polar surface area (TPSA) is 57.2 Å². The Morgan fingerprint density at radius 3 is 2.39 bits per heavy atom. The molecule has 1 aromatic heterocycles. The van der Waals surface area contributed by atoms with Crippen molar-refractivity contribution < 1.29 is 0 Å². The average Bonchev–Trinajstić information content (AvgIpc) is 2.83. The summed E-state index contributed by atoms with van der Waals surface area (Å²) in [4.78, 5) is 9.43. The van der Waals surface area contributed by atoms with Gasteiger partial charge in [0, 0.05) is 12.7 Å². The normalized spacial score (nSPS) is 10.4. The molecule has 0 fully saturated rings. The fourth-order valence-corrected chi connectivity index (χ4v) is 1.90. The highest BCUT2D eigenvalue weighted by Gasteiger charge is 2.13. The van der Waals surface area contributed by atoms with Gasteiger partial charge in [0.25, 0.3) is 5.95 Å². The molecule has 0 saturated carbocycles. The van der Waals surface area contributed by atoms with E-state index in [0.717, 1.165) is 0 Å². The highest BCUT2D eigenvalue weighted by atomic mass is 35.5. The van der Waals surface area contributed by atoms with Crippen LogP contribution >= 0.6 is 34.8 Å². The summed E-state index contributed by atoms with van der Waals surface area (Å²) in [6.45, 7) is 3.35. The van der Waals surface area contributed by atoms with Crippen LogP contribution < -0.4 is 4.90 Å². The Hall–Kier alpha value is -1.30. The minimum atomic E-state index is 0.318. The van der Waals surface area contributed by atoms with Gasteiger partial charge in [0.1, 0.15) is 0 Å². The lowest BCUT2D eigenvalue weighted by atomic mass is 10.3. The molecule has 0 aliphatic carbocycles. The highest BCUT2D eigenvalue weighted by Crippen LogP contribution is 2.35. The van der Waals surface area contributed by atoms with Crippen molar-refractivity contribution in [3.05, 3.63) is 27.2 Å². The number of nitrogens with zero attached hydrogens (tertiary/aromatic N) is 4. The van der Waals surface area contributed by atoms with Crippen molar-refractivity contribution in [1.29, 1.82) is 0 Å². The molecule has 1 N–H and O–H groups in total. The largest absolute Gasteiger partial charge is 0.312 e. The molecule has 0 amide bonds. The quantitative estimate of drug-likeness (QED) is 0.692. The SMILES string of the molecule is C=Nc1nc(N(C)c2cc(Cl)c(Cl)c(Cl)c2)n[nH]1. The van der Waals surface area contributed by atoms with Gasteiger partial charge in [-0.2, -0.15) is 4.98 Å². The maximum absolute atomic E-state index is 5.96. The third kappa shape index (κ3) is 2.43. The molecule has 0 unspecified atom stereocenters. The number of H-pyrrole nitrogens is 1. The Morgan fingerprint density at radius 2 is 1.89 bits per heavy atom. The highest BCUT2D eigenvalue weighted by molar-refractivity contribution is 6.48. The lowest BCUT2D eigenvalue weighted by molar-refractivity contribution is 1.03. The van der Waals surface area contributed by atoms with E-state index in [2.05, 4.69) is 26.9 Å². The average molecular weight is 305 g/mol. The van der Waals surface area contributed by atoms with Gasteiger partial charge < -0.3 is 4.90 Å². The first-order valence-corrected chi connectivity index (χ1v) is 5.93. The number of hydrogen-bond donors (Lipinski definition) is 1.